The smallest absolute Gasteiger partial charge is 0.272 e. The molecular weight excluding hydrogens is 266 g/mol. The van der Waals surface area contributed by atoms with Crippen molar-refractivity contribution in [2.24, 2.45) is 5.73 Å². The number of aliphatic hydroxyl groups excluding tert-OH is 1. The minimum Gasteiger partial charge on any atom is -0.389 e. The number of hydrogen-bond donors (Lipinski definition) is 2. The van der Waals surface area contributed by atoms with E-state index in [0.29, 0.717) is 5.56 Å². The first-order chi connectivity index (χ1) is 8.95. The second-order valence-electron chi connectivity index (χ2n) is 4.09. The standard InChI is InChI=1S/C12H17N3O3S/c1-15(6-9(16)7-18-2)12(17)10-4-3-8(5-14-10)11(13)19/h3-5,9,16H,6-7H2,1-2H3,(H2,13,19). The van der Waals surface area contributed by atoms with Crippen LogP contribution in [-0.2, 0) is 4.74 Å². The van der Waals surface area contributed by atoms with E-state index in [1.807, 2.05) is 0 Å². The lowest BCUT2D eigenvalue weighted by atomic mass is 10.2. The molecule has 0 aliphatic heterocycles. The number of hydrogen-bond acceptors (Lipinski definition) is 5. The van der Waals surface area contributed by atoms with Crippen molar-refractivity contribution in [3.05, 3.63) is 29.6 Å². The SMILES string of the molecule is COCC(O)CN(C)C(=O)c1ccc(C(N)=S)cn1. The van der Waals surface area contributed by atoms with Gasteiger partial charge in [0, 0.05) is 32.5 Å². The van der Waals surface area contributed by atoms with Gasteiger partial charge in [0.1, 0.15) is 10.7 Å². The highest BCUT2D eigenvalue weighted by Crippen LogP contribution is 2.04. The van der Waals surface area contributed by atoms with Crippen LogP contribution >= 0.6 is 12.2 Å². The molecule has 7 heteroatoms. The first-order valence-electron chi connectivity index (χ1n) is 5.64. The van der Waals surface area contributed by atoms with Crippen LogP contribution < -0.4 is 5.73 Å². The Morgan fingerprint density at radius 1 is 1.63 bits per heavy atom. The van der Waals surface area contributed by atoms with Crippen LogP contribution in [-0.4, -0.2) is 59.3 Å². The fourth-order valence-corrected chi connectivity index (χ4v) is 1.63. The van der Waals surface area contributed by atoms with Crippen molar-refractivity contribution in [1.29, 1.82) is 0 Å². The summed E-state index contributed by atoms with van der Waals surface area (Å²) >= 11 is 4.80. The van der Waals surface area contributed by atoms with E-state index in [-0.39, 0.29) is 29.7 Å². The Morgan fingerprint density at radius 2 is 2.32 bits per heavy atom. The number of likely N-dealkylation sites (N-methyl/N-ethyl adjacent to an activating group) is 1. The molecule has 1 aromatic rings. The first-order valence-corrected chi connectivity index (χ1v) is 6.05. The fourth-order valence-electron chi connectivity index (χ4n) is 1.51. The molecule has 0 saturated heterocycles. The first kappa shape index (κ1) is 15.5. The zero-order valence-corrected chi connectivity index (χ0v) is 11.7. The number of nitrogens with two attached hydrogens (primary N) is 1. The quantitative estimate of drug-likeness (QED) is 0.703. The number of thiocarbonyl (C=S) groups is 1. The average molecular weight is 283 g/mol. The lowest BCUT2D eigenvalue weighted by molar-refractivity contribution is 0.0378. The van der Waals surface area contributed by atoms with Crippen LogP contribution in [0.15, 0.2) is 18.3 Å². The van der Waals surface area contributed by atoms with Gasteiger partial charge in [0.15, 0.2) is 0 Å². The monoisotopic (exact) mass is 283 g/mol. The summed E-state index contributed by atoms with van der Waals surface area (Å²) in [5.74, 6) is -0.287. The number of methoxy groups -OCH3 is 1. The third-order valence-corrected chi connectivity index (χ3v) is 2.69. The molecule has 1 rings (SSSR count). The van der Waals surface area contributed by atoms with Crippen LogP contribution in [0.1, 0.15) is 16.1 Å². The number of rotatable bonds is 6. The highest BCUT2D eigenvalue weighted by molar-refractivity contribution is 7.80. The molecule has 0 radical (unpaired) electrons. The van der Waals surface area contributed by atoms with Crippen LogP contribution in [0.4, 0.5) is 0 Å². The molecule has 0 fully saturated rings. The second kappa shape index (κ2) is 7.13. The minimum absolute atomic E-state index is 0.172. The van der Waals surface area contributed by atoms with E-state index in [1.54, 1.807) is 19.2 Å². The van der Waals surface area contributed by atoms with Crippen LogP contribution in [0.3, 0.4) is 0 Å². The van der Waals surface area contributed by atoms with Gasteiger partial charge >= 0.3 is 0 Å². The Balaban J connectivity index is 2.68. The number of carbonyl (C=O) groups excluding carboxylic acids is 1. The molecule has 3 N–H and O–H groups in total. The molecular formula is C12H17N3O3S. The van der Waals surface area contributed by atoms with Gasteiger partial charge in [-0.2, -0.15) is 0 Å². The van der Waals surface area contributed by atoms with Crippen molar-refractivity contribution in [3.63, 3.8) is 0 Å². The number of carbonyl (C=O) groups is 1. The summed E-state index contributed by atoms with van der Waals surface area (Å²) in [7, 11) is 3.07. The van der Waals surface area contributed by atoms with Crippen molar-refractivity contribution < 1.29 is 14.6 Å². The predicted molar refractivity (Wildman–Crippen MR) is 75.0 cm³/mol. The number of nitrogens with zero attached hydrogens (tertiary/aromatic N) is 2. The summed E-state index contributed by atoms with van der Waals surface area (Å²) in [6.07, 6.45) is 0.726. The molecule has 6 nitrogen and oxygen atoms in total. The molecule has 1 heterocycles. The highest BCUT2D eigenvalue weighted by atomic mass is 32.1. The molecule has 0 saturated carbocycles. The molecule has 0 spiro atoms. The van der Waals surface area contributed by atoms with E-state index < -0.39 is 6.10 Å². The third-order valence-electron chi connectivity index (χ3n) is 2.46. The molecule has 1 aromatic heterocycles. The number of aromatic nitrogens is 1. The minimum atomic E-state index is -0.727. The van der Waals surface area contributed by atoms with Crippen molar-refractivity contribution in [2.75, 3.05) is 27.3 Å². The van der Waals surface area contributed by atoms with Gasteiger partial charge in [-0.3, -0.25) is 9.78 Å². The van der Waals surface area contributed by atoms with E-state index in [9.17, 15) is 9.90 Å². The molecule has 1 unspecified atom stereocenters. The van der Waals surface area contributed by atoms with E-state index in [0.717, 1.165) is 0 Å². The lowest BCUT2D eigenvalue weighted by Crippen LogP contribution is -2.36. The number of ether oxygens (including phenoxy) is 1. The zero-order chi connectivity index (χ0) is 14.4. The largest absolute Gasteiger partial charge is 0.389 e. The Kier molecular flexibility index (Phi) is 5.81. The summed E-state index contributed by atoms with van der Waals surface area (Å²) in [6, 6.07) is 3.19. The van der Waals surface area contributed by atoms with E-state index in [2.05, 4.69) is 4.98 Å². The summed E-state index contributed by atoms with van der Waals surface area (Å²) < 4.78 is 4.80. The van der Waals surface area contributed by atoms with Crippen LogP contribution in [0.5, 0.6) is 0 Å². The number of pyridine rings is 1. The van der Waals surface area contributed by atoms with Gasteiger partial charge in [-0.25, -0.2) is 0 Å². The van der Waals surface area contributed by atoms with Crippen molar-refractivity contribution in [2.45, 2.75) is 6.10 Å². The lowest BCUT2D eigenvalue weighted by Gasteiger charge is -2.20. The molecule has 1 amide bonds. The average Bonchev–Trinajstić information content (AvgIpc) is 2.38. The van der Waals surface area contributed by atoms with Crippen molar-refractivity contribution >= 4 is 23.1 Å². The van der Waals surface area contributed by atoms with Crippen molar-refractivity contribution in [1.82, 2.24) is 9.88 Å². The van der Waals surface area contributed by atoms with Gasteiger partial charge < -0.3 is 20.5 Å². The van der Waals surface area contributed by atoms with E-state index in [4.69, 9.17) is 22.7 Å². The van der Waals surface area contributed by atoms with Crippen LogP contribution in [0, 0.1) is 0 Å². The van der Waals surface area contributed by atoms with Crippen molar-refractivity contribution in [3.8, 4) is 0 Å². The Hall–Kier alpha value is -1.57. The summed E-state index contributed by atoms with van der Waals surface area (Å²) in [6.45, 7) is 0.344. The summed E-state index contributed by atoms with van der Waals surface area (Å²) in [4.78, 5) is 17.6. The van der Waals surface area contributed by atoms with E-state index >= 15 is 0 Å². The molecule has 19 heavy (non-hydrogen) atoms. The molecule has 0 aliphatic rings. The molecule has 0 bridgehead atoms. The second-order valence-corrected chi connectivity index (χ2v) is 4.53. The highest BCUT2D eigenvalue weighted by Gasteiger charge is 2.16. The zero-order valence-electron chi connectivity index (χ0n) is 10.9. The maximum absolute atomic E-state index is 12.0. The molecule has 1 atom stereocenters. The van der Waals surface area contributed by atoms with Gasteiger partial charge in [-0.1, -0.05) is 12.2 Å². The Bertz CT molecular complexity index is 450. The van der Waals surface area contributed by atoms with E-state index in [1.165, 1.54) is 18.2 Å². The van der Waals surface area contributed by atoms with Crippen LogP contribution in [0.2, 0.25) is 0 Å². The molecule has 104 valence electrons. The van der Waals surface area contributed by atoms with Crippen LogP contribution in [0.25, 0.3) is 0 Å². The van der Waals surface area contributed by atoms with Gasteiger partial charge in [-0.05, 0) is 12.1 Å². The van der Waals surface area contributed by atoms with Gasteiger partial charge in [0.25, 0.3) is 5.91 Å². The summed E-state index contributed by atoms with van der Waals surface area (Å²) in [5.41, 5.74) is 6.32. The Morgan fingerprint density at radius 3 is 2.79 bits per heavy atom. The van der Waals surface area contributed by atoms with Gasteiger partial charge in [0.2, 0.25) is 0 Å². The maximum Gasteiger partial charge on any atom is 0.272 e. The van der Waals surface area contributed by atoms with Gasteiger partial charge in [0.05, 0.1) is 12.7 Å². The summed E-state index contributed by atoms with van der Waals surface area (Å²) in [5, 5.41) is 9.56. The number of amides is 1. The number of aliphatic hydroxyl groups is 1. The Labute approximate surface area is 117 Å². The molecule has 0 aromatic carbocycles. The predicted octanol–water partition coefficient (Wildman–Crippen LogP) is -0.205. The third kappa shape index (κ3) is 4.55. The topological polar surface area (TPSA) is 88.7 Å². The molecule has 0 aliphatic carbocycles. The maximum atomic E-state index is 12.0. The normalized spacial score (nSPS) is 11.9. The fraction of sp³-hybridized carbons (Fsp3) is 0.417. The van der Waals surface area contributed by atoms with Gasteiger partial charge in [-0.15, -0.1) is 0 Å².